The largest absolute Gasteiger partial charge is 0.385 e. The van der Waals surface area contributed by atoms with Crippen molar-refractivity contribution in [2.45, 2.75) is 13.3 Å². The smallest absolute Gasteiger partial charge is 0.346 e. The van der Waals surface area contributed by atoms with Crippen molar-refractivity contribution in [2.24, 2.45) is 0 Å². The van der Waals surface area contributed by atoms with Crippen LogP contribution in [-0.2, 0) is 6.42 Å². The van der Waals surface area contributed by atoms with Crippen LogP contribution in [0.3, 0.4) is 0 Å². The SMILES string of the molecule is CC#CCc1cnc(=O)[nH]c1N. The summed E-state index contributed by atoms with van der Waals surface area (Å²) in [5, 5.41) is 0. The number of aromatic amines is 1. The second-order valence-electron chi connectivity index (χ2n) is 2.23. The molecule has 0 aliphatic heterocycles. The van der Waals surface area contributed by atoms with Gasteiger partial charge >= 0.3 is 5.69 Å². The zero-order valence-electron chi connectivity index (χ0n) is 6.72. The molecule has 0 atom stereocenters. The number of hydrogen-bond donors (Lipinski definition) is 2. The highest BCUT2D eigenvalue weighted by Crippen LogP contribution is 2.02. The Labute approximate surface area is 69.8 Å². The van der Waals surface area contributed by atoms with Gasteiger partial charge in [0.05, 0.1) is 0 Å². The Balaban J connectivity index is 2.99. The molecule has 0 aliphatic rings. The normalized spacial score (nSPS) is 8.75. The molecule has 1 aromatic rings. The van der Waals surface area contributed by atoms with Crippen LogP contribution >= 0.6 is 0 Å². The monoisotopic (exact) mass is 163 g/mol. The zero-order valence-corrected chi connectivity index (χ0v) is 6.72. The number of nitrogens with one attached hydrogen (secondary N) is 1. The van der Waals surface area contributed by atoms with E-state index in [2.05, 4.69) is 21.8 Å². The molecule has 0 unspecified atom stereocenters. The highest BCUT2D eigenvalue weighted by molar-refractivity contribution is 5.38. The molecule has 0 saturated carbocycles. The number of rotatable bonds is 1. The Morgan fingerprint density at radius 3 is 3.08 bits per heavy atom. The van der Waals surface area contributed by atoms with Crippen LogP contribution < -0.4 is 11.4 Å². The molecule has 0 amide bonds. The van der Waals surface area contributed by atoms with Gasteiger partial charge in [-0.2, -0.15) is 0 Å². The topological polar surface area (TPSA) is 71.8 Å². The minimum Gasteiger partial charge on any atom is -0.385 e. The lowest BCUT2D eigenvalue weighted by Crippen LogP contribution is -2.13. The van der Waals surface area contributed by atoms with Gasteiger partial charge < -0.3 is 5.73 Å². The fourth-order valence-electron chi connectivity index (χ4n) is 0.758. The average molecular weight is 163 g/mol. The Hall–Kier alpha value is -1.76. The first-order valence-corrected chi connectivity index (χ1v) is 3.47. The van der Waals surface area contributed by atoms with E-state index in [1.165, 1.54) is 6.20 Å². The van der Waals surface area contributed by atoms with Crippen molar-refractivity contribution in [3.8, 4) is 11.8 Å². The Morgan fingerprint density at radius 1 is 1.75 bits per heavy atom. The maximum absolute atomic E-state index is 10.6. The summed E-state index contributed by atoms with van der Waals surface area (Å²) in [7, 11) is 0. The Morgan fingerprint density at radius 2 is 2.50 bits per heavy atom. The van der Waals surface area contributed by atoms with Crippen molar-refractivity contribution in [1.29, 1.82) is 0 Å². The van der Waals surface area contributed by atoms with Crippen LogP contribution in [0.1, 0.15) is 12.5 Å². The van der Waals surface area contributed by atoms with Crippen LogP contribution in [0, 0.1) is 11.8 Å². The minimum atomic E-state index is -0.430. The molecule has 0 radical (unpaired) electrons. The number of nitrogens with two attached hydrogens (primary N) is 1. The number of aromatic nitrogens is 2. The van der Waals surface area contributed by atoms with E-state index >= 15 is 0 Å². The quantitative estimate of drug-likeness (QED) is 0.569. The van der Waals surface area contributed by atoms with E-state index in [1.807, 2.05) is 0 Å². The first-order valence-electron chi connectivity index (χ1n) is 3.47. The lowest BCUT2D eigenvalue weighted by Gasteiger charge is -1.97. The molecule has 3 N–H and O–H groups in total. The maximum Gasteiger partial charge on any atom is 0.346 e. The number of anilines is 1. The summed E-state index contributed by atoms with van der Waals surface area (Å²) in [6.07, 6.45) is 1.96. The molecule has 0 spiro atoms. The summed E-state index contributed by atoms with van der Waals surface area (Å²) in [6.45, 7) is 1.75. The van der Waals surface area contributed by atoms with Crippen molar-refractivity contribution < 1.29 is 0 Å². The molecule has 1 heterocycles. The third-order valence-corrected chi connectivity index (χ3v) is 1.38. The Kier molecular flexibility index (Phi) is 2.49. The van der Waals surface area contributed by atoms with E-state index < -0.39 is 5.69 Å². The second kappa shape index (κ2) is 3.58. The summed E-state index contributed by atoms with van der Waals surface area (Å²) >= 11 is 0. The van der Waals surface area contributed by atoms with Crippen LogP contribution in [0.4, 0.5) is 5.82 Å². The molecule has 4 heteroatoms. The van der Waals surface area contributed by atoms with Crippen molar-refractivity contribution in [2.75, 3.05) is 5.73 Å². The molecule has 4 nitrogen and oxygen atoms in total. The van der Waals surface area contributed by atoms with Crippen molar-refractivity contribution in [3.05, 3.63) is 22.2 Å². The molecule has 0 saturated heterocycles. The van der Waals surface area contributed by atoms with Crippen molar-refractivity contribution >= 4 is 5.82 Å². The lowest BCUT2D eigenvalue weighted by atomic mass is 10.2. The van der Waals surface area contributed by atoms with E-state index in [0.29, 0.717) is 12.2 Å². The van der Waals surface area contributed by atoms with Crippen LogP contribution in [0.2, 0.25) is 0 Å². The fourth-order valence-corrected chi connectivity index (χ4v) is 0.758. The van der Waals surface area contributed by atoms with Gasteiger partial charge in [0.1, 0.15) is 5.82 Å². The van der Waals surface area contributed by atoms with Gasteiger partial charge in [-0.3, -0.25) is 4.98 Å². The van der Waals surface area contributed by atoms with Gasteiger partial charge in [0.2, 0.25) is 0 Å². The first kappa shape index (κ1) is 8.34. The molecular formula is C8H9N3O. The van der Waals surface area contributed by atoms with E-state index in [-0.39, 0.29) is 0 Å². The zero-order chi connectivity index (χ0) is 8.97. The summed E-state index contributed by atoms with van der Waals surface area (Å²) in [6, 6.07) is 0. The van der Waals surface area contributed by atoms with E-state index in [9.17, 15) is 4.79 Å². The van der Waals surface area contributed by atoms with Gasteiger partial charge in [0.25, 0.3) is 0 Å². The number of H-pyrrole nitrogens is 1. The third-order valence-electron chi connectivity index (χ3n) is 1.38. The van der Waals surface area contributed by atoms with Crippen LogP contribution in [0.25, 0.3) is 0 Å². The fraction of sp³-hybridized carbons (Fsp3) is 0.250. The maximum atomic E-state index is 10.6. The molecule has 0 aliphatic carbocycles. The predicted octanol–water partition coefficient (Wildman–Crippen LogP) is -0.0821. The van der Waals surface area contributed by atoms with E-state index in [0.717, 1.165) is 5.56 Å². The van der Waals surface area contributed by atoms with Crippen LogP contribution in [0.15, 0.2) is 11.0 Å². The molecule has 1 aromatic heterocycles. The molecule has 12 heavy (non-hydrogen) atoms. The first-order chi connectivity index (χ1) is 5.74. The standard InChI is InChI=1S/C8H9N3O/c1-2-3-4-6-5-10-8(12)11-7(6)9/h5H,4H2,1H3,(H3,9,10,11,12). The van der Waals surface area contributed by atoms with Gasteiger partial charge in [-0.15, -0.1) is 5.92 Å². The summed E-state index contributed by atoms with van der Waals surface area (Å²) in [5.41, 5.74) is 5.82. The van der Waals surface area contributed by atoms with Gasteiger partial charge in [0.15, 0.2) is 0 Å². The van der Waals surface area contributed by atoms with Gasteiger partial charge in [-0.25, -0.2) is 9.78 Å². The average Bonchev–Trinajstić information content (AvgIpc) is 2.03. The minimum absolute atomic E-state index is 0.345. The van der Waals surface area contributed by atoms with Crippen LogP contribution in [0.5, 0.6) is 0 Å². The third kappa shape index (κ3) is 1.86. The Bertz CT molecular complexity index is 383. The molecular weight excluding hydrogens is 154 g/mol. The highest BCUT2D eigenvalue weighted by Gasteiger charge is 1.97. The second-order valence-corrected chi connectivity index (χ2v) is 2.23. The number of hydrogen-bond acceptors (Lipinski definition) is 3. The van der Waals surface area contributed by atoms with Gasteiger partial charge in [-0.1, -0.05) is 5.92 Å². The van der Waals surface area contributed by atoms with Crippen LogP contribution in [-0.4, -0.2) is 9.97 Å². The van der Waals surface area contributed by atoms with Gasteiger partial charge in [-0.05, 0) is 6.92 Å². The highest BCUT2D eigenvalue weighted by atomic mass is 16.1. The van der Waals surface area contributed by atoms with E-state index in [1.54, 1.807) is 6.92 Å². The lowest BCUT2D eigenvalue weighted by molar-refractivity contribution is 1.04. The molecule has 0 bridgehead atoms. The summed E-state index contributed by atoms with van der Waals surface area (Å²) < 4.78 is 0. The molecule has 0 aromatic carbocycles. The van der Waals surface area contributed by atoms with Crippen molar-refractivity contribution in [1.82, 2.24) is 9.97 Å². The summed E-state index contributed by atoms with van der Waals surface area (Å²) in [5.74, 6) is 5.91. The number of nitrogen functional groups attached to an aromatic ring is 1. The summed E-state index contributed by atoms with van der Waals surface area (Å²) in [4.78, 5) is 16.6. The molecule has 0 fully saturated rings. The van der Waals surface area contributed by atoms with Gasteiger partial charge in [0, 0.05) is 18.2 Å². The molecule has 62 valence electrons. The molecule has 1 rings (SSSR count). The van der Waals surface area contributed by atoms with E-state index in [4.69, 9.17) is 5.73 Å². The van der Waals surface area contributed by atoms with Crippen molar-refractivity contribution in [3.63, 3.8) is 0 Å². The number of nitrogens with zero attached hydrogens (tertiary/aromatic N) is 1. The predicted molar refractivity (Wildman–Crippen MR) is 46.4 cm³/mol.